The number of hydrogen-bond donors (Lipinski definition) is 1. The molecule has 1 N–H and O–H groups in total. The number of nitrogens with zero attached hydrogens (tertiary/aromatic N) is 3. The normalized spacial score (nSPS) is 19.6. The summed E-state index contributed by atoms with van der Waals surface area (Å²) in [5, 5.41) is 7.90. The molecule has 6 nitrogen and oxygen atoms in total. The smallest absolute Gasteiger partial charge is 0.251 e. The van der Waals surface area contributed by atoms with Crippen LogP contribution in [-0.4, -0.2) is 28.1 Å². The summed E-state index contributed by atoms with van der Waals surface area (Å²) < 4.78 is 2.00. The number of para-hydroxylation sites is 1. The van der Waals surface area contributed by atoms with Gasteiger partial charge in [0, 0.05) is 29.8 Å². The number of anilines is 1. The summed E-state index contributed by atoms with van der Waals surface area (Å²) >= 11 is 0. The lowest BCUT2D eigenvalue weighted by atomic mass is 9.74. The van der Waals surface area contributed by atoms with E-state index in [9.17, 15) is 9.59 Å². The van der Waals surface area contributed by atoms with E-state index in [2.05, 4.69) is 24.3 Å². The van der Waals surface area contributed by atoms with E-state index in [1.165, 1.54) is 0 Å². The number of hydrogen-bond acceptors (Lipinski definition) is 3. The van der Waals surface area contributed by atoms with E-state index < -0.39 is 0 Å². The van der Waals surface area contributed by atoms with Gasteiger partial charge in [-0.05, 0) is 55.0 Å². The van der Waals surface area contributed by atoms with Gasteiger partial charge in [0.1, 0.15) is 0 Å². The predicted octanol–water partition coefficient (Wildman–Crippen LogP) is 4.44. The molecule has 1 aromatic heterocycles. The summed E-state index contributed by atoms with van der Waals surface area (Å²) in [4.78, 5) is 27.1. The molecule has 0 bridgehead atoms. The van der Waals surface area contributed by atoms with Gasteiger partial charge in [-0.15, -0.1) is 0 Å². The molecule has 1 aliphatic carbocycles. The van der Waals surface area contributed by atoms with Gasteiger partial charge in [0.15, 0.2) is 0 Å². The Bertz CT molecular complexity index is 1170. The Morgan fingerprint density at radius 1 is 1.09 bits per heavy atom. The van der Waals surface area contributed by atoms with Crippen LogP contribution >= 0.6 is 0 Å². The number of nitrogens with one attached hydrogen (secondary N) is 1. The molecule has 2 amide bonds. The van der Waals surface area contributed by atoms with Gasteiger partial charge in [0.25, 0.3) is 5.91 Å². The second-order valence-corrected chi connectivity index (χ2v) is 9.56. The van der Waals surface area contributed by atoms with Crippen LogP contribution in [0.15, 0.2) is 60.8 Å². The molecule has 32 heavy (non-hydrogen) atoms. The van der Waals surface area contributed by atoms with Gasteiger partial charge >= 0.3 is 0 Å². The van der Waals surface area contributed by atoms with E-state index in [0.29, 0.717) is 18.5 Å². The summed E-state index contributed by atoms with van der Waals surface area (Å²) in [5.74, 6) is -0.00540. The summed E-state index contributed by atoms with van der Waals surface area (Å²) in [6.45, 7) is 5.18. The lowest BCUT2D eigenvalue weighted by Crippen LogP contribution is -2.37. The van der Waals surface area contributed by atoms with Crippen molar-refractivity contribution in [3.05, 3.63) is 77.6 Å². The molecule has 1 aliphatic heterocycles. The number of fused-ring (bicyclic) bond motifs is 1. The molecule has 164 valence electrons. The van der Waals surface area contributed by atoms with E-state index in [1.807, 2.05) is 65.5 Å². The first-order chi connectivity index (χ1) is 15.4. The highest BCUT2D eigenvalue weighted by Crippen LogP contribution is 2.41. The molecule has 0 saturated carbocycles. The highest BCUT2D eigenvalue weighted by atomic mass is 16.2. The Balaban J connectivity index is 1.42. The van der Waals surface area contributed by atoms with Crippen LogP contribution in [0.1, 0.15) is 60.8 Å². The maximum Gasteiger partial charge on any atom is 0.251 e. The van der Waals surface area contributed by atoms with E-state index in [-0.39, 0.29) is 23.3 Å². The van der Waals surface area contributed by atoms with E-state index >= 15 is 0 Å². The number of aromatic nitrogens is 2. The number of benzene rings is 2. The molecule has 3 aromatic rings. The zero-order valence-electron chi connectivity index (χ0n) is 18.5. The average molecular weight is 429 g/mol. The SMILES string of the molecule is CC1(C)Cc2c(cnn2-c2ccccc2)[C@H](NC(=O)c2cccc(N3CCCC3=O)c2)C1. The first kappa shape index (κ1) is 20.5. The van der Waals surface area contributed by atoms with Crippen LogP contribution in [0.5, 0.6) is 0 Å². The molecule has 1 saturated heterocycles. The van der Waals surface area contributed by atoms with Crippen molar-refractivity contribution >= 4 is 17.5 Å². The minimum atomic E-state index is -0.125. The summed E-state index contributed by atoms with van der Waals surface area (Å²) in [6, 6.07) is 17.4. The second kappa shape index (κ2) is 7.93. The standard InChI is InChI=1S/C26H28N4O2/c1-26(2)15-22(21-17-27-30(23(21)16-26)19-9-4-3-5-10-19)28-25(32)18-8-6-11-20(14-18)29-13-7-12-24(29)31/h3-6,8-11,14,17,22H,7,12-13,15-16H2,1-2H3,(H,28,32)/t22-/m1/s1. The van der Waals surface area contributed by atoms with Crippen molar-refractivity contribution in [1.29, 1.82) is 0 Å². The van der Waals surface area contributed by atoms with Gasteiger partial charge in [0.2, 0.25) is 5.91 Å². The molecular formula is C26H28N4O2. The van der Waals surface area contributed by atoms with Crippen LogP contribution in [0.4, 0.5) is 5.69 Å². The van der Waals surface area contributed by atoms with Gasteiger partial charge < -0.3 is 10.2 Å². The van der Waals surface area contributed by atoms with E-state index in [1.54, 1.807) is 4.90 Å². The molecule has 1 fully saturated rings. The van der Waals surface area contributed by atoms with Crippen LogP contribution in [0, 0.1) is 5.41 Å². The lowest BCUT2D eigenvalue weighted by Gasteiger charge is -2.36. The Hall–Kier alpha value is -3.41. The van der Waals surface area contributed by atoms with Crippen molar-refractivity contribution in [3.8, 4) is 5.69 Å². The molecule has 0 unspecified atom stereocenters. The van der Waals surface area contributed by atoms with Crippen molar-refractivity contribution < 1.29 is 9.59 Å². The molecule has 5 rings (SSSR count). The largest absolute Gasteiger partial charge is 0.345 e. The van der Waals surface area contributed by atoms with Gasteiger partial charge in [-0.1, -0.05) is 38.1 Å². The van der Waals surface area contributed by atoms with E-state index in [0.717, 1.165) is 41.9 Å². The second-order valence-electron chi connectivity index (χ2n) is 9.56. The zero-order valence-corrected chi connectivity index (χ0v) is 18.5. The third-order valence-corrected chi connectivity index (χ3v) is 6.48. The highest BCUT2D eigenvalue weighted by molar-refractivity contribution is 5.99. The van der Waals surface area contributed by atoms with Crippen LogP contribution in [0.3, 0.4) is 0 Å². The van der Waals surface area contributed by atoms with Crippen molar-refractivity contribution in [3.63, 3.8) is 0 Å². The van der Waals surface area contributed by atoms with Crippen molar-refractivity contribution in [2.24, 2.45) is 5.41 Å². The fourth-order valence-electron chi connectivity index (χ4n) is 4.94. The molecule has 0 radical (unpaired) electrons. The maximum atomic E-state index is 13.2. The van der Waals surface area contributed by atoms with E-state index in [4.69, 9.17) is 0 Å². The fraction of sp³-hybridized carbons (Fsp3) is 0.346. The van der Waals surface area contributed by atoms with Gasteiger partial charge in [0.05, 0.1) is 23.6 Å². The topological polar surface area (TPSA) is 67.2 Å². The molecular weight excluding hydrogens is 400 g/mol. The highest BCUT2D eigenvalue weighted by Gasteiger charge is 2.36. The van der Waals surface area contributed by atoms with Crippen LogP contribution < -0.4 is 10.2 Å². The maximum absolute atomic E-state index is 13.2. The van der Waals surface area contributed by atoms with Crippen LogP contribution in [-0.2, 0) is 11.2 Å². The summed E-state index contributed by atoms with van der Waals surface area (Å²) in [5.41, 5.74) is 4.65. The molecule has 6 heteroatoms. The van der Waals surface area contributed by atoms with Gasteiger partial charge in [-0.25, -0.2) is 4.68 Å². The Morgan fingerprint density at radius 3 is 2.62 bits per heavy atom. The lowest BCUT2D eigenvalue weighted by molar-refractivity contribution is -0.117. The molecule has 2 aliphatic rings. The van der Waals surface area contributed by atoms with Crippen molar-refractivity contribution in [2.75, 3.05) is 11.4 Å². The molecule has 1 atom stereocenters. The predicted molar refractivity (Wildman–Crippen MR) is 124 cm³/mol. The Morgan fingerprint density at radius 2 is 1.88 bits per heavy atom. The minimum Gasteiger partial charge on any atom is -0.345 e. The number of rotatable bonds is 4. The Kier molecular flexibility index (Phi) is 5.08. The quantitative estimate of drug-likeness (QED) is 0.668. The summed E-state index contributed by atoms with van der Waals surface area (Å²) in [7, 11) is 0. The summed E-state index contributed by atoms with van der Waals surface area (Å²) in [6.07, 6.45) is 5.07. The number of carbonyl (C=O) groups excluding carboxylic acids is 2. The first-order valence-electron chi connectivity index (χ1n) is 11.2. The van der Waals surface area contributed by atoms with Crippen LogP contribution in [0.25, 0.3) is 5.69 Å². The zero-order chi connectivity index (χ0) is 22.3. The fourth-order valence-corrected chi connectivity index (χ4v) is 4.94. The third kappa shape index (κ3) is 3.81. The molecule has 2 aromatic carbocycles. The Labute approximate surface area is 188 Å². The monoisotopic (exact) mass is 428 g/mol. The number of amides is 2. The average Bonchev–Trinajstić information content (AvgIpc) is 3.40. The number of carbonyl (C=O) groups is 2. The third-order valence-electron chi connectivity index (χ3n) is 6.48. The van der Waals surface area contributed by atoms with Crippen LogP contribution in [0.2, 0.25) is 0 Å². The first-order valence-corrected chi connectivity index (χ1v) is 11.2. The molecule has 0 spiro atoms. The molecule has 2 heterocycles. The minimum absolute atomic E-state index is 0.0291. The van der Waals surface area contributed by atoms with Gasteiger partial charge in [-0.3, -0.25) is 9.59 Å². The van der Waals surface area contributed by atoms with Crippen molar-refractivity contribution in [1.82, 2.24) is 15.1 Å². The van der Waals surface area contributed by atoms with Crippen molar-refractivity contribution in [2.45, 2.75) is 45.6 Å². The van der Waals surface area contributed by atoms with Gasteiger partial charge in [-0.2, -0.15) is 5.10 Å².